The van der Waals surface area contributed by atoms with Crippen LogP contribution in [0.15, 0.2) is 15.6 Å². The second kappa shape index (κ2) is 12.0. The van der Waals surface area contributed by atoms with Crippen LogP contribution in [-0.4, -0.2) is 34.7 Å². The molecule has 7 heteroatoms. The number of guanidine groups is 1. The van der Waals surface area contributed by atoms with E-state index in [9.17, 15) is 0 Å². The molecule has 0 saturated heterocycles. The third-order valence-electron chi connectivity index (χ3n) is 4.28. The third-order valence-corrected chi connectivity index (χ3v) is 5.51. The van der Waals surface area contributed by atoms with Crippen LogP contribution in [0.25, 0.3) is 0 Å². The number of hydrogen-bond donors (Lipinski definition) is 2. The smallest absolute Gasteiger partial charge is 0.191 e. The van der Waals surface area contributed by atoms with Crippen molar-refractivity contribution in [3.05, 3.63) is 17.5 Å². The van der Waals surface area contributed by atoms with Crippen LogP contribution in [0.5, 0.6) is 0 Å². The molecule has 1 saturated carbocycles. The molecule has 0 bridgehead atoms. The zero-order valence-electron chi connectivity index (χ0n) is 15.9. The predicted molar refractivity (Wildman–Crippen MR) is 118 cm³/mol. The molecule has 0 aromatic carbocycles. The Bertz CT molecular complexity index is 519. The van der Waals surface area contributed by atoms with Gasteiger partial charge in [0.25, 0.3) is 0 Å². The lowest BCUT2D eigenvalue weighted by atomic mass is 9.95. The normalized spacial score (nSPS) is 21.1. The minimum atomic E-state index is 0. The first-order valence-corrected chi connectivity index (χ1v) is 10.3. The van der Waals surface area contributed by atoms with Gasteiger partial charge in [0.2, 0.25) is 0 Å². The van der Waals surface area contributed by atoms with E-state index >= 15 is 0 Å². The maximum absolute atomic E-state index is 5.38. The van der Waals surface area contributed by atoms with E-state index in [0.29, 0.717) is 18.5 Å². The van der Waals surface area contributed by atoms with Crippen LogP contribution in [0.4, 0.5) is 0 Å². The van der Waals surface area contributed by atoms with E-state index < -0.39 is 0 Å². The van der Waals surface area contributed by atoms with Gasteiger partial charge in [-0.05, 0) is 37.9 Å². The average Bonchev–Trinajstić information content (AvgIpc) is 3.03. The summed E-state index contributed by atoms with van der Waals surface area (Å²) in [7, 11) is 0. The van der Waals surface area contributed by atoms with Crippen molar-refractivity contribution in [3.63, 3.8) is 0 Å². The summed E-state index contributed by atoms with van der Waals surface area (Å²) in [5.74, 6) is 3.29. The molecule has 5 nitrogen and oxygen atoms in total. The summed E-state index contributed by atoms with van der Waals surface area (Å²) in [5.41, 5.74) is 0.991. The number of nitrogens with one attached hydrogen (secondary N) is 2. The van der Waals surface area contributed by atoms with Crippen LogP contribution < -0.4 is 10.6 Å². The second-order valence-electron chi connectivity index (χ2n) is 6.65. The monoisotopic (exact) mass is 480 g/mol. The Morgan fingerprint density at radius 3 is 2.84 bits per heavy atom. The van der Waals surface area contributed by atoms with E-state index in [2.05, 4.69) is 60.2 Å². The topological polar surface area (TPSA) is 62.5 Å². The summed E-state index contributed by atoms with van der Waals surface area (Å²) in [6.45, 7) is 9.96. The Morgan fingerprint density at radius 2 is 2.20 bits per heavy atom. The van der Waals surface area contributed by atoms with Crippen LogP contribution in [-0.2, 0) is 6.54 Å². The maximum atomic E-state index is 5.38. The van der Waals surface area contributed by atoms with Gasteiger partial charge in [0.15, 0.2) is 11.7 Å². The van der Waals surface area contributed by atoms with E-state index in [4.69, 9.17) is 4.52 Å². The number of hydrogen-bond acceptors (Lipinski definition) is 4. The van der Waals surface area contributed by atoms with Crippen molar-refractivity contribution in [3.8, 4) is 0 Å². The standard InChI is InChI=1S/C18H32N4OS.HI/c1-5-19-18(20-12-15-11-17(13(3)4)22-23-15)21-14-8-7-9-16(10-14)24-6-2;/h11,13-14,16H,5-10,12H2,1-4H3,(H2,19,20,21);1H. The molecule has 1 heterocycles. The molecule has 1 aromatic heterocycles. The molecule has 144 valence electrons. The van der Waals surface area contributed by atoms with Crippen LogP contribution >= 0.6 is 35.7 Å². The first-order chi connectivity index (χ1) is 11.6. The van der Waals surface area contributed by atoms with Gasteiger partial charge in [0, 0.05) is 23.9 Å². The molecule has 1 fully saturated rings. The van der Waals surface area contributed by atoms with Crippen molar-refractivity contribution >= 4 is 41.7 Å². The Kier molecular flexibility index (Phi) is 10.9. The fraction of sp³-hybridized carbons (Fsp3) is 0.778. The SMILES string of the molecule is CCNC(=NCc1cc(C(C)C)no1)NC1CCCC(SCC)C1.I. The number of rotatable bonds is 7. The molecule has 2 unspecified atom stereocenters. The molecule has 0 aliphatic heterocycles. The van der Waals surface area contributed by atoms with E-state index in [1.54, 1.807) is 0 Å². The van der Waals surface area contributed by atoms with E-state index in [-0.39, 0.29) is 24.0 Å². The first kappa shape index (κ1) is 22.6. The highest BCUT2D eigenvalue weighted by Crippen LogP contribution is 2.28. The van der Waals surface area contributed by atoms with Crippen LogP contribution in [0.3, 0.4) is 0 Å². The average molecular weight is 480 g/mol. The van der Waals surface area contributed by atoms with Crippen molar-refractivity contribution in [2.75, 3.05) is 12.3 Å². The molecule has 0 radical (unpaired) electrons. The highest BCUT2D eigenvalue weighted by molar-refractivity contribution is 14.0. The van der Waals surface area contributed by atoms with Crippen molar-refractivity contribution < 1.29 is 4.52 Å². The van der Waals surface area contributed by atoms with Crippen LogP contribution in [0, 0.1) is 0 Å². The molecule has 1 aliphatic carbocycles. The molecule has 2 atom stereocenters. The summed E-state index contributed by atoms with van der Waals surface area (Å²) in [6, 6.07) is 2.52. The van der Waals surface area contributed by atoms with Gasteiger partial charge < -0.3 is 15.2 Å². The fourth-order valence-corrected chi connectivity index (χ4v) is 4.18. The molecule has 2 rings (SSSR count). The Balaban J connectivity index is 0.00000312. The largest absolute Gasteiger partial charge is 0.359 e. The highest BCUT2D eigenvalue weighted by Gasteiger charge is 2.22. The Hall–Kier alpha value is -0.440. The quantitative estimate of drug-likeness (QED) is 0.341. The minimum Gasteiger partial charge on any atom is -0.359 e. The van der Waals surface area contributed by atoms with Crippen molar-refractivity contribution in [2.45, 2.75) is 77.1 Å². The van der Waals surface area contributed by atoms with Crippen LogP contribution in [0.2, 0.25) is 0 Å². The maximum Gasteiger partial charge on any atom is 0.191 e. The van der Waals surface area contributed by atoms with Gasteiger partial charge in [0.05, 0.1) is 5.69 Å². The summed E-state index contributed by atoms with van der Waals surface area (Å²) in [4.78, 5) is 4.68. The second-order valence-corrected chi connectivity index (χ2v) is 8.23. The molecule has 0 spiro atoms. The lowest BCUT2D eigenvalue weighted by molar-refractivity contribution is 0.375. The number of aliphatic imine (C=N–C) groups is 1. The summed E-state index contributed by atoms with van der Waals surface area (Å²) < 4.78 is 5.38. The highest BCUT2D eigenvalue weighted by atomic mass is 127. The number of thioether (sulfide) groups is 1. The van der Waals surface area contributed by atoms with E-state index in [1.807, 2.05) is 6.07 Å². The van der Waals surface area contributed by atoms with Crippen molar-refractivity contribution in [1.82, 2.24) is 15.8 Å². The summed E-state index contributed by atoms with van der Waals surface area (Å²) in [5, 5.41) is 11.8. The van der Waals surface area contributed by atoms with Gasteiger partial charge in [-0.3, -0.25) is 0 Å². The van der Waals surface area contributed by atoms with Crippen LogP contribution in [0.1, 0.15) is 70.8 Å². The molecule has 25 heavy (non-hydrogen) atoms. The van der Waals surface area contributed by atoms with Gasteiger partial charge in [0.1, 0.15) is 6.54 Å². The molecular formula is C18H33IN4OS. The molecular weight excluding hydrogens is 447 g/mol. The van der Waals surface area contributed by atoms with E-state index in [0.717, 1.165) is 29.2 Å². The molecule has 0 amide bonds. The predicted octanol–water partition coefficient (Wildman–Crippen LogP) is 4.54. The zero-order valence-corrected chi connectivity index (χ0v) is 19.0. The van der Waals surface area contributed by atoms with Gasteiger partial charge in [-0.25, -0.2) is 4.99 Å². The molecule has 1 aromatic rings. The van der Waals surface area contributed by atoms with Crippen molar-refractivity contribution in [1.29, 1.82) is 0 Å². The van der Waals surface area contributed by atoms with Crippen molar-refractivity contribution in [2.24, 2.45) is 4.99 Å². The lowest BCUT2D eigenvalue weighted by Gasteiger charge is -2.30. The fourth-order valence-electron chi connectivity index (χ4n) is 3.01. The number of halogens is 1. The number of nitrogens with zero attached hydrogens (tertiary/aromatic N) is 2. The molecule has 2 N–H and O–H groups in total. The Morgan fingerprint density at radius 1 is 1.40 bits per heavy atom. The van der Waals surface area contributed by atoms with Gasteiger partial charge in [-0.2, -0.15) is 11.8 Å². The summed E-state index contributed by atoms with van der Waals surface area (Å²) in [6.07, 6.45) is 5.10. The Labute approximate surface area is 173 Å². The van der Waals surface area contributed by atoms with E-state index in [1.165, 1.54) is 31.4 Å². The first-order valence-electron chi connectivity index (χ1n) is 9.24. The minimum absolute atomic E-state index is 0. The van der Waals surface area contributed by atoms with Gasteiger partial charge in [-0.15, -0.1) is 24.0 Å². The lowest BCUT2D eigenvalue weighted by Crippen LogP contribution is -2.45. The van der Waals surface area contributed by atoms with Gasteiger partial charge >= 0.3 is 0 Å². The van der Waals surface area contributed by atoms with Gasteiger partial charge in [-0.1, -0.05) is 32.3 Å². The number of aromatic nitrogens is 1. The third kappa shape index (κ3) is 7.76. The summed E-state index contributed by atoms with van der Waals surface area (Å²) >= 11 is 2.09. The zero-order chi connectivity index (χ0) is 17.4. The molecule has 1 aliphatic rings.